The van der Waals surface area contributed by atoms with Crippen molar-refractivity contribution in [3.63, 3.8) is 0 Å². The van der Waals surface area contributed by atoms with Gasteiger partial charge in [-0.1, -0.05) is 34.1 Å². The normalized spacial score (nSPS) is 17.2. The van der Waals surface area contributed by atoms with Crippen LogP contribution in [0.4, 0.5) is 0 Å². The summed E-state index contributed by atoms with van der Waals surface area (Å²) in [4.78, 5) is 4.04. The molecule has 1 aliphatic heterocycles. The fourth-order valence-corrected chi connectivity index (χ4v) is 4.19. The Hall–Kier alpha value is -0.680. The van der Waals surface area contributed by atoms with E-state index in [1.807, 2.05) is 17.4 Å². The molecule has 0 amide bonds. The topological polar surface area (TPSA) is 29.3 Å². The summed E-state index contributed by atoms with van der Waals surface area (Å²) in [7, 11) is 0. The minimum absolute atomic E-state index is 0.295. The van der Waals surface area contributed by atoms with E-state index in [0.29, 0.717) is 12.6 Å². The van der Waals surface area contributed by atoms with Gasteiger partial charge in [0.15, 0.2) is 0 Å². The highest BCUT2D eigenvalue weighted by molar-refractivity contribution is 9.10. The molecule has 19 heavy (non-hydrogen) atoms. The van der Waals surface area contributed by atoms with Gasteiger partial charge in [0.25, 0.3) is 0 Å². The van der Waals surface area contributed by atoms with Crippen LogP contribution in [0.2, 0.25) is 0 Å². The molecule has 1 atom stereocenters. The van der Waals surface area contributed by atoms with Crippen LogP contribution in [0, 0.1) is 0 Å². The smallest absolute Gasteiger partial charge is 0.0485 e. The molecule has 0 saturated heterocycles. The summed E-state index contributed by atoms with van der Waals surface area (Å²) < 4.78 is 1.15. The maximum atomic E-state index is 6.04. The molecule has 0 radical (unpaired) electrons. The summed E-state index contributed by atoms with van der Waals surface area (Å²) in [5.74, 6) is 0. The zero-order valence-corrected chi connectivity index (χ0v) is 13.1. The minimum Gasteiger partial charge on any atom is -0.329 e. The standard InChI is InChI=1S/C15H17BrN2S/c16-13-4-2-1-3-12(13)14(9-17)18-7-5-15-11(10-18)6-8-19-15/h1-4,6,8,14H,5,7,9-10,17H2. The molecular weight excluding hydrogens is 320 g/mol. The summed E-state index contributed by atoms with van der Waals surface area (Å²) in [6.45, 7) is 2.76. The first kappa shape index (κ1) is 13.3. The van der Waals surface area contributed by atoms with Crippen molar-refractivity contribution >= 4 is 27.3 Å². The number of rotatable bonds is 3. The van der Waals surface area contributed by atoms with E-state index in [1.165, 1.54) is 11.1 Å². The number of nitrogens with two attached hydrogens (primary N) is 1. The van der Waals surface area contributed by atoms with E-state index in [4.69, 9.17) is 5.73 Å². The van der Waals surface area contributed by atoms with Crippen LogP contribution in [0.1, 0.15) is 22.0 Å². The maximum Gasteiger partial charge on any atom is 0.0485 e. The third kappa shape index (κ3) is 2.63. The molecule has 1 unspecified atom stereocenters. The van der Waals surface area contributed by atoms with Crippen LogP contribution in [0.5, 0.6) is 0 Å². The number of hydrogen-bond donors (Lipinski definition) is 1. The summed E-state index contributed by atoms with van der Waals surface area (Å²) in [6, 6.07) is 10.9. The van der Waals surface area contributed by atoms with Crippen LogP contribution in [0.3, 0.4) is 0 Å². The van der Waals surface area contributed by atoms with Gasteiger partial charge < -0.3 is 5.73 Å². The summed E-state index contributed by atoms with van der Waals surface area (Å²) in [6.07, 6.45) is 1.15. The number of halogens is 1. The largest absolute Gasteiger partial charge is 0.329 e. The Balaban J connectivity index is 1.86. The van der Waals surface area contributed by atoms with Gasteiger partial charge in [0, 0.05) is 35.0 Å². The molecule has 2 aromatic rings. The lowest BCUT2D eigenvalue weighted by atomic mass is 10.0. The highest BCUT2D eigenvalue weighted by atomic mass is 79.9. The molecule has 2 N–H and O–H groups in total. The van der Waals surface area contributed by atoms with Crippen molar-refractivity contribution in [3.8, 4) is 0 Å². The lowest BCUT2D eigenvalue weighted by Gasteiger charge is -2.34. The van der Waals surface area contributed by atoms with Gasteiger partial charge in [-0.15, -0.1) is 11.3 Å². The van der Waals surface area contributed by atoms with Gasteiger partial charge in [-0.25, -0.2) is 0 Å². The highest BCUT2D eigenvalue weighted by Gasteiger charge is 2.25. The third-order valence-corrected chi connectivity index (χ3v) is 5.51. The van der Waals surface area contributed by atoms with Crippen molar-refractivity contribution in [2.75, 3.05) is 13.1 Å². The van der Waals surface area contributed by atoms with E-state index in [0.717, 1.165) is 24.0 Å². The molecule has 3 rings (SSSR count). The molecule has 2 nitrogen and oxygen atoms in total. The zero-order chi connectivity index (χ0) is 13.2. The average Bonchev–Trinajstić information content (AvgIpc) is 2.89. The van der Waals surface area contributed by atoms with Gasteiger partial charge in [-0.3, -0.25) is 4.90 Å². The number of nitrogens with zero attached hydrogens (tertiary/aromatic N) is 1. The SMILES string of the molecule is NCC(c1ccccc1Br)N1CCc2sccc2C1. The first-order valence-corrected chi connectivity index (χ1v) is 8.20. The quantitative estimate of drug-likeness (QED) is 0.928. The molecule has 1 aromatic heterocycles. The second-order valence-corrected chi connectivity index (χ2v) is 6.72. The molecular formula is C15H17BrN2S. The molecule has 0 fully saturated rings. The Labute approximate surface area is 126 Å². The van der Waals surface area contributed by atoms with Crippen molar-refractivity contribution in [3.05, 3.63) is 56.2 Å². The fraction of sp³-hybridized carbons (Fsp3) is 0.333. The van der Waals surface area contributed by atoms with Crippen LogP contribution in [-0.4, -0.2) is 18.0 Å². The van der Waals surface area contributed by atoms with Gasteiger partial charge in [0.05, 0.1) is 0 Å². The molecule has 0 spiro atoms. The van der Waals surface area contributed by atoms with E-state index >= 15 is 0 Å². The molecule has 0 bridgehead atoms. The fourth-order valence-electron chi connectivity index (χ4n) is 2.75. The van der Waals surface area contributed by atoms with Crippen LogP contribution >= 0.6 is 27.3 Å². The second kappa shape index (κ2) is 5.75. The van der Waals surface area contributed by atoms with Crippen molar-refractivity contribution < 1.29 is 0 Å². The Morgan fingerprint density at radius 2 is 2.16 bits per heavy atom. The predicted octanol–water partition coefficient (Wildman–Crippen LogP) is 3.57. The van der Waals surface area contributed by atoms with Crippen molar-refractivity contribution in [2.45, 2.75) is 19.0 Å². The third-order valence-electron chi connectivity index (χ3n) is 3.77. The predicted molar refractivity (Wildman–Crippen MR) is 84.4 cm³/mol. The number of benzene rings is 1. The monoisotopic (exact) mass is 336 g/mol. The minimum atomic E-state index is 0.295. The van der Waals surface area contributed by atoms with Crippen LogP contribution in [0.15, 0.2) is 40.2 Å². The lowest BCUT2D eigenvalue weighted by molar-refractivity contribution is 0.184. The second-order valence-electron chi connectivity index (χ2n) is 4.86. The van der Waals surface area contributed by atoms with Gasteiger partial charge in [0.1, 0.15) is 0 Å². The molecule has 2 heterocycles. The number of thiophene rings is 1. The number of hydrogen-bond acceptors (Lipinski definition) is 3. The van der Waals surface area contributed by atoms with E-state index in [-0.39, 0.29) is 0 Å². The van der Waals surface area contributed by atoms with Gasteiger partial charge in [0.2, 0.25) is 0 Å². The van der Waals surface area contributed by atoms with Crippen LogP contribution < -0.4 is 5.73 Å². The summed E-state index contributed by atoms with van der Waals surface area (Å²) in [5, 5.41) is 2.20. The van der Waals surface area contributed by atoms with E-state index in [1.54, 1.807) is 4.88 Å². The zero-order valence-electron chi connectivity index (χ0n) is 10.7. The van der Waals surface area contributed by atoms with Gasteiger partial charge >= 0.3 is 0 Å². The van der Waals surface area contributed by atoms with Gasteiger partial charge in [-0.05, 0) is 35.1 Å². The first-order chi connectivity index (χ1) is 9.29. The molecule has 1 aromatic carbocycles. The van der Waals surface area contributed by atoms with Gasteiger partial charge in [-0.2, -0.15) is 0 Å². The van der Waals surface area contributed by atoms with Crippen molar-refractivity contribution in [1.82, 2.24) is 4.90 Å². The number of fused-ring (bicyclic) bond motifs is 1. The Morgan fingerprint density at radius 1 is 1.32 bits per heavy atom. The molecule has 4 heteroatoms. The molecule has 0 saturated carbocycles. The molecule has 100 valence electrons. The van der Waals surface area contributed by atoms with Crippen molar-refractivity contribution in [2.24, 2.45) is 5.73 Å². The Morgan fingerprint density at radius 3 is 2.95 bits per heavy atom. The summed E-state index contributed by atoms with van der Waals surface area (Å²) >= 11 is 5.53. The average molecular weight is 337 g/mol. The van der Waals surface area contributed by atoms with E-state index < -0.39 is 0 Å². The molecule has 0 aliphatic carbocycles. The van der Waals surface area contributed by atoms with Crippen LogP contribution in [0.25, 0.3) is 0 Å². The van der Waals surface area contributed by atoms with E-state index in [9.17, 15) is 0 Å². The first-order valence-electron chi connectivity index (χ1n) is 6.53. The summed E-state index contributed by atoms with van der Waals surface area (Å²) in [5.41, 5.74) is 8.81. The maximum absolute atomic E-state index is 6.04. The van der Waals surface area contributed by atoms with E-state index in [2.05, 4.69) is 50.5 Å². The van der Waals surface area contributed by atoms with Crippen LogP contribution in [-0.2, 0) is 13.0 Å². The Bertz CT molecular complexity index is 567. The lowest BCUT2D eigenvalue weighted by Crippen LogP contribution is -2.37. The molecule has 1 aliphatic rings. The highest BCUT2D eigenvalue weighted by Crippen LogP contribution is 2.32. The Kier molecular flexibility index (Phi) is 4.03. The van der Waals surface area contributed by atoms with Crippen molar-refractivity contribution in [1.29, 1.82) is 0 Å².